The number of nitro groups is 1. The number of rotatable bonds is 4. The monoisotopic (exact) mass is 224 g/mol. The molecule has 4 nitrogen and oxygen atoms in total. The van der Waals surface area contributed by atoms with Crippen molar-refractivity contribution in [3.8, 4) is 0 Å². The summed E-state index contributed by atoms with van der Waals surface area (Å²) in [6.07, 6.45) is 6.13. The first-order valence-corrected chi connectivity index (χ1v) is 5.06. The van der Waals surface area contributed by atoms with Crippen LogP contribution in [-0.4, -0.2) is 10.5 Å². The van der Waals surface area contributed by atoms with E-state index in [0.29, 0.717) is 5.70 Å². The molecule has 0 aliphatic rings. The maximum Gasteiger partial charge on any atom is 0.255 e. The van der Waals surface area contributed by atoms with E-state index in [-0.39, 0.29) is 5.41 Å². The molecule has 0 aliphatic heterocycles. The maximum atomic E-state index is 10.8. The first kappa shape index (κ1) is 14.4. The number of nitrogens with two attached hydrogens (primary N) is 1. The lowest BCUT2D eigenvalue weighted by Crippen LogP contribution is -2.29. The zero-order valence-corrected chi connectivity index (χ0v) is 10.4. The van der Waals surface area contributed by atoms with Gasteiger partial charge in [0.15, 0.2) is 0 Å². The van der Waals surface area contributed by atoms with Crippen molar-refractivity contribution in [3.05, 3.63) is 46.7 Å². The molecule has 0 aliphatic carbocycles. The third kappa shape index (κ3) is 4.77. The van der Waals surface area contributed by atoms with E-state index >= 15 is 0 Å². The molecule has 1 unspecified atom stereocenters. The second kappa shape index (κ2) is 4.96. The van der Waals surface area contributed by atoms with Crippen LogP contribution in [0.4, 0.5) is 0 Å². The summed E-state index contributed by atoms with van der Waals surface area (Å²) in [7, 11) is 0. The standard InChI is InChI=1S/C12H20N2O2/c1-6-12(5,14(15)16)8-7-10(13)9-11(2,3)4/h6-9H,1,13H2,2-5H3/b8-7-,10-9+. The second-order valence-corrected chi connectivity index (χ2v) is 5.03. The Morgan fingerprint density at radius 2 is 1.88 bits per heavy atom. The fourth-order valence-electron chi connectivity index (χ4n) is 1.02. The van der Waals surface area contributed by atoms with Crippen molar-refractivity contribution in [1.29, 1.82) is 0 Å². The van der Waals surface area contributed by atoms with Crippen LogP contribution < -0.4 is 5.73 Å². The van der Waals surface area contributed by atoms with Gasteiger partial charge in [0.1, 0.15) is 0 Å². The Morgan fingerprint density at radius 1 is 1.38 bits per heavy atom. The van der Waals surface area contributed by atoms with E-state index in [2.05, 4.69) is 6.58 Å². The SMILES string of the molecule is C=CC(C)(/C=C\C(N)=C/C(C)(C)C)[N+](=O)[O-]. The first-order chi connectivity index (χ1) is 7.10. The van der Waals surface area contributed by atoms with Crippen molar-refractivity contribution in [2.45, 2.75) is 33.2 Å². The first-order valence-electron chi connectivity index (χ1n) is 5.06. The average Bonchev–Trinajstić information content (AvgIpc) is 2.11. The molecular weight excluding hydrogens is 204 g/mol. The van der Waals surface area contributed by atoms with Crippen LogP contribution in [0.1, 0.15) is 27.7 Å². The van der Waals surface area contributed by atoms with Gasteiger partial charge in [-0.25, -0.2) is 0 Å². The van der Waals surface area contributed by atoms with Crippen molar-refractivity contribution in [2.75, 3.05) is 0 Å². The predicted molar refractivity (Wildman–Crippen MR) is 66.5 cm³/mol. The summed E-state index contributed by atoms with van der Waals surface area (Å²) >= 11 is 0. The average molecular weight is 224 g/mol. The highest BCUT2D eigenvalue weighted by Crippen LogP contribution is 2.18. The van der Waals surface area contributed by atoms with Crippen molar-refractivity contribution >= 4 is 0 Å². The normalized spacial score (nSPS) is 17.1. The minimum Gasteiger partial charge on any atom is -0.399 e. The number of hydrogen-bond donors (Lipinski definition) is 1. The molecule has 1 atom stereocenters. The van der Waals surface area contributed by atoms with Crippen LogP contribution in [0.2, 0.25) is 0 Å². The Hall–Kier alpha value is -1.58. The molecule has 0 aromatic carbocycles. The van der Waals surface area contributed by atoms with Crippen LogP contribution >= 0.6 is 0 Å². The molecule has 0 aromatic heterocycles. The van der Waals surface area contributed by atoms with Crippen molar-refractivity contribution < 1.29 is 4.92 Å². The summed E-state index contributed by atoms with van der Waals surface area (Å²) in [6, 6.07) is 0. The fraction of sp³-hybridized carbons (Fsp3) is 0.500. The smallest absolute Gasteiger partial charge is 0.255 e. The van der Waals surface area contributed by atoms with Crippen molar-refractivity contribution in [1.82, 2.24) is 0 Å². The van der Waals surface area contributed by atoms with Gasteiger partial charge in [0.05, 0.1) is 0 Å². The van der Waals surface area contributed by atoms with Crippen LogP contribution in [0.3, 0.4) is 0 Å². The van der Waals surface area contributed by atoms with E-state index in [1.54, 1.807) is 6.08 Å². The van der Waals surface area contributed by atoms with E-state index in [1.807, 2.05) is 26.8 Å². The molecule has 16 heavy (non-hydrogen) atoms. The van der Waals surface area contributed by atoms with Gasteiger partial charge in [-0.15, -0.1) is 0 Å². The van der Waals surface area contributed by atoms with Gasteiger partial charge in [0.2, 0.25) is 0 Å². The summed E-state index contributed by atoms with van der Waals surface area (Å²) in [6.45, 7) is 10.9. The van der Waals surface area contributed by atoms with Gasteiger partial charge < -0.3 is 5.73 Å². The molecule has 0 heterocycles. The zero-order chi connectivity index (χ0) is 13.0. The minimum absolute atomic E-state index is 0.0480. The highest BCUT2D eigenvalue weighted by Gasteiger charge is 2.29. The van der Waals surface area contributed by atoms with Crippen LogP contribution in [0.25, 0.3) is 0 Å². The van der Waals surface area contributed by atoms with Crippen LogP contribution in [0, 0.1) is 15.5 Å². The van der Waals surface area contributed by atoms with Crippen LogP contribution in [0.15, 0.2) is 36.6 Å². The summed E-state index contributed by atoms with van der Waals surface area (Å²) < 4.78 is 0. The Kier molecular flexibility index (Phi) is 4.47. The van der Waals surface area contributed by atoms with Gasteiger partial charge in [-0.05, 0) is 23.6 Å². The minimum atomic E-state index is -1.27. The van der Waals surface area contributed by atoms with E-state index < -0.39 is 10.5 Å². The van der Waals surface area contributed by atoms with Gasteiger partial charge in [-0.1, -0.05) is 33.4 Å². The maximum absolute atomic E-state index is 10.8. The Bertz CT molecular complexity index is 337. The van der Waals surface area contributed by atoms with Gasteiger partial charge in [-0.2, -0.15) is 0 Å². The molecule has 0 spiro atoms. The highest BCUT2D eigenvalue weighted by atomic mass is 16.6. The molecule has 0 rings (SSSR count). The molecule has 2 N–H and O–H groups in total. The number of allylic oxidation sites excluding steroid dienone is 2. The van der Waals surface area contributed by atoms with Gasteiger partial charge in [0, 0.05) is 17.5 Å². The Morgan fingerprint density at radius 3 is 2.19 bits per heavy atom. The highest BCUT2D eigenvalue weighted by molar-refractivity contribution is 5.22. The number of nitrogens with zero attached hydrogens (tertiary/aromatic N) is 1. The van der Waals surface area contributed by atoms with E-state index in [1.165, 1.54) is 19.1 Å². The molecule has 0 bridgehead atoms. The van der Waals surface area contributed by atoms with Crippen molar-refractivity contribution in [2.24, 2.45) is 11.1 Å². The van der Waals surface area contributed by atoms with Gasteiger partial charge in [-0.3, -0.25) is 10.1 Å². The number of hydrogen-bond acceptors (Lipinski definition) is 3. The molecule has 90 valence electrons. The second-order valence-electron chi connectivity index (χ2n) is 5.03. The Balaban J connectivity index is 4.91. The summed E-state index contributed by atoms with van der Waals surface area (Å²) in [5.74, 6) is 0. The summed E-state index contributed by atoms with van der Waals surface area (Å²) in [5.41, 5.74) is 4.94. The molecule has 0 aromatic rings. The molecule has 0 radical (unpaired) electrons. The molecule has 0 saturated heterocycles. The van der Waals surface area contributed by atoms with E-state index in [9.17, 15) is 10.1 Å². The summed E-state index contributed by atoms with van der Waals surface area (Å²) in [4.78, 5) is 10.4. The van der Waals surface area contributed by atoms with Crippen molar-refractivity contribution in [3.63, 3.8) is 0 Å². The molecule has 0 fully saturated rings. The predicted octanol–water partition coefficient (Wildman–Crippen LogP) is 2.65. The summed E-state index contributed by atoms with van der Waals surface area (Å²) in [5, 5.41) is 10.8. The molecule has 4 heteroatoms. The third-order valence-electron chi connectivity index (χ3n) is 2.02. The lowest BCUT2D eigenvalue weighted by molar-refractivity contribution is -0.535. The lowest BCUT2D eigenvalue weighted by atomic mass is 9.94. The largest absolute Gasteiger partial charge is 0.399 e. The fourth-order valence-corrected chi connectivity index (χ4v) is 1.02. The molecule has 0 amide bonds. The lowest BCUT2D eigenvalue weighted by Gasteiger charge is -2.14. The Labute approximate surface area is 96.7 Å². The molecular formula is C12H20N2O2. The molecule has 0 saturated carbocycles. The van der Waals surface area contributed by atoms with Gasteiger partial charge in [0.25, 0.3) is 5.54 Å². The van der Waals surface area contributed by atoms with E-state index in [0.717, 1.165) is 0 Å². The zero-order valence-electron chi connectivity index (χ0n) is 10.4. The van der Waals surface area contributed by atoms with Gasteiger partial charge >= 0.3 is 0 Å². The van der Waals surface area contributed by atoms with Crippen LogP contribution in [0.5, 0.6) is 0 Å². The topological polar surface area (TPSA) is 69.2 Å². The third-order valence-corrected chi connectivity index (χ3v) is 2.02. The van der Waals surface area contributed by atoms with E-state index in [4.69, 9.17) is 5.73 Å². The quantitative estimate of drug-likeness (QED) is 0.345. The van der Waals surface area contributed by atoms with Crippen LogP contribution in [-0.2, 0) is 0 Å².